The molecule has 90 valence electrons. The van der Waals surface area contributed by atoms with E-state index in [4.69, 9.17) is 4.98 Å². The number of nitrogens with zero attached hydrogens (tertiary/aromatic N) is 1. The minimum atomic E-state index is 0.664. The minimum absolute atomic E-state index is 0.664. The molecule has 0 aliphatic carbocycles. The number of piperidine rings is 1. The molecular weight excluding hydrogens is 218 g/mol. The van der Waals surface area contributed by atoms with E-state index < -0.39 is 0 Å². The first-order chi connectivity index (χ1) is 7.90. The third kappa shape index (κ3) is 3.27. The summed E-state index contributed by atoms with van der Waals surface area (Å²) in [5, 5.41) is 10.2. The van der Waals surface area contributed by atoms with E-state index in [1.54, 1.807) is 0 Å². The molecular formula is C12H21N3S. The molecule has 2 rings (SSSR count). The van der Waals surface area contributed by atoms with Crippen LogP contribution in [0.5, 0.6) is 0 Å². The summed E-state index contributed by atoms with van der Waals surface area (Å²) in [4.78, 5) is 4.76. The largest absolute Gasteiger partial charge is 0.320 e. The van der Waals surface area contributed by atoms with Gasteiger partial charge in [0.25, 0.3) is 0 Å². The van der Waals surface area contributed by atoms with Gasteiger partial charge in [-0.2, -0.15) is 0 Å². The lowest BCUT2D eigenvalue weighted by atomic mass is 10.0. The maximum absolute atomic E-state index is 4.76. The van der Waals surface area contributed by atoms with Crippen LogP contribution < -0.4 is 10.6 Å². The molecule has 0 radical (unpaired) electrons. The lowest BCUT2D eigenvalue weighted by molar-refractivity contribution is 0.460. The molecule has 0 aromatic carbocycles. The van der Waals surface area contributed by atoms with Crippen LogP contribution in [-0.4, -0.2) is 31.7 Å². The molecule has 1 unspecified atom stereocenters. The highest BCUT2D eigenvalue weighted by molar-refractivity contribution is 7.09. The normalized spacial score (nSPS) is 21.2. The Morgan fingerprint density at radius 3 is 3.31 bits per heavy atom. The molecule has 3 nitrogen and oxygen atoms in total. The summed E-state index contributed by atoms with van der Waals surface area (Å²) in [7, 11) is 2.00. The van der Waals surface area contributed by atoms with Gasteiger partial charge in [0.2, 0.25) is 0 Å². The SMILES string of the molecule is CNCCCc1csc(C2CCCNC2)n1. The highest BCUT2D eigenvalue weighted by Crippen LogP contribution is 2.26. The minimum Gasteiger partial charge on any atom is -0.320 e. The standard InChI is InChI=1S/C12H21N3S/c1-13-6-3-5-11-9-16-12(15-11)10-4-2-7-14-8-10/h9-10,13-14H,2-8H2,1H3. The van der Waals surface area contributed by atoms with E-state index in [-0.39, 0.29) is 0 Å². The summed E-state index contributed by atoms with van der Waals surface area (Å²) >= 11 is 1.84. The molecule has 1 aromatic rings. The maximum Gasteiger partial charge on any atom is 0.0971 e. The van der Waals surface area contributed by atoms with Gasteiger partial charge in [0.15, 0.2) is 0 Å². The van der Waals surface area contributed by atoms with Gasteiger partial charge in [-0.15, -0.1) is 11.3 Å². The van der Waals surface area contributed by atoms with Crippen LogP contribution in [0.1, 0.15) is 35.9 Å². The van der Waals surface area contributed by atoms with Gasteiger partial charge in [0.05, 0.1) is 10.7 Å². The monoisotopic (exact) mass is 239 g/mol. The average molecular weight is 239 g/mol. The highest BCUT2D eigenvalue weighted by atomic mass is 32.1. The van der Waals surface area contributed by atoms with Crippen LogP contribution in [0.2, 0.25) is 0 Å². The Labute approximate surface area is 102 Å². The number of aryl methyl sites for hydroxylation is 1. The molecule has 1 saturated heterocycles. The van der Waals surface area contributed by atoms with E-state index in [0.29, 0.717) is 5.92 Å². The summed E-state index contributed by atoms with van der Waals surface area (Å²) in [5.41, 5.74) is 1.28. The van der Waals surface area contributed by atoms with Gasteiger partial charge < -0.3 is 10.6 Å². The number of hydrogen-bond donors (Lipinski definition) is 2. The summed E-state index contributed by atoms with van der Waals surface area (Å²) in [5.74, 6) is 0.664. The third-order valence-electron chi connectivity index (χ3n) is 3.08. The highest BCUT2D eigenvalue weighted by Gasteiger charge is 2.18. The van der Waals surface area contributed by atoms with Crippen molar-refractivity contribution in [1.82, 2.24) is 15.6 Å². The maximum atomic E-state index is 4.76. The van der Waals surface area contributed by atoms with Crippen LogP contribution in [0.25, 0.3) is 0 Å². The predicted octanol–water partition coefficient (Wildman–Crippen LogP) is 1.76. The number of hydrogen-bond acceptors (Lipinski definition) is 4. The zero-order valence-electron chi connectivity index (χ0n) is 9.96. The van der Waals surface area contributed by atoms with Gasteiger partial charge in [0, 0.05) is 17.8 Å². The second kappa shape index (κ2) is 6.33. The van der Waals surface area contributed by atoms with E-state index >= 15 is 0 Å². The molecule has 1 fully saturated rings. The topological polar surface area (TPSA) is 37.0 Å². The summed E-state index contributed by atoms with van der Waals surface area (Å²) in [6.07, 6.45) is 4.88. The third-order valence-corrected chi connectivity index (χ3v) is 4.13. The van der Waals surface area contributed by atoms with Gasteiger partial charge in [-0.1, -0.05) is 0 Å². The number of rotatable bonds is 5. The van der Waals surface area contributed by atoms with Crippen molar-refractivity contribution >= 4 is 11.3 Å². The van der Waals surface area contributed by atoms with Crippen molar-refractivity contribution in [2.45, 2.75) is 31.6 Å². The number of aromatic nitrogens is 1. The summed E-state index contributed by atoms with van der Waals surface area (Å²) in [6.45, 7) is 3.37. The lowest BCUT2D eigenvalue weighted by Crippen LogP contribution is -2.28. The first-order valence-corrected chi connectivity index (χ1v) is 7.07. The van der Waals surface area contributed by atoms with E-state index in [0.717, 1.165) is 19.5 Å². The Morgan fingerprint density at radius 2 is 2.56 bits per heavy atom. The molecule has 0 saturated carbocycles. The van der Waals surface area contributed by atoms with Gasteiger partial charge >= 0.3 is 0 Å². The fraction of sp³-hybridized carbons (Fsp3) is 0.750. The lowest BCUT2D eigenvalue weighted by Gasteiger charge is -2.20. The van der Waals surface area contributed by atoms with Crippen LogP contribution in [-0.2, 0) is 6.42 Å². The number of thiazole rings is 1. The van der Waals surface area contributed by atoms with Crippen molar-refractivity contribution < 1.29 is 0 Å². The molecule has 1 aliphatic heterocycles. The zero-order valence-corrected chi connectivity index (χ0v) is 10.8. The fourth-order valence-electron chi connectivity index (χ4n) is 2.13. The zero-order chi connectivity index (χ0) is 11.2. The van der Waals surface area contributed by atoms with Crippen LogP contribution >= 0.6 is 11.3 Å². The molecule has 16 heavy (non-hydrogen) atoms. The second-order valence-electron chi connectivity index (χ2n) is 4.43. The Morgan fingerprint density at radius 1 is 1.62 bits per heavy atom. The average Bonchev–Trinajstić information content (AvgIpc) is 2.79. The Hall–Kier alpha value is -0.450. The van der Waals surface area contributed by atoms with E-state index in [9.17, 15) is 0 Å². The molecule has 1 aromatic heterocycles. The van der Waals surface area contributed by atoms with Gasteiger partial charge in [-0.05, 0) is 45.8 Å². The van der Waals surface area contributed by atoms with Gasteiger partial charge in [-0.25, -0.2) is 4.98 Å². The predicted molar refractivity (Wildman–Crippen MR) is 69.2 cm³/mol. The number of nitrogens with one attached hydrogen (secondary N) is 2. The quantitative estimate of drug-likeness (QED) is 0.769. The molecule has 2 N–H and O–H groups in total. The molecule has 0 bridgehead atoms. The van der Waals surface area contributed by atoms with Crippen LogP contribution in [0.4, 0.5) is 0 Å². The Balaban J connectivity index is 1.85. The Kier molecular flexibility index (Phi) is 4.75. The molecule has 1 aliphatic rings. The molecule has 1 atom stereocenters. The van der Waals surface area contributed by atoms with Crippen molar-refractivity contribution in [2.24, 2.45) is 0 Å². The first-order valence-electron chi connectivity index (χ1n) is 6.20. The Bertz CT molecular complexity index is 305. The van der Waals surface area contributed by atoms with Gasteiger partial charge in [0.1, 0.15) is 0 Å². The molecule has 4 heteroatoms. The van der Waals surface area contributed by atoms with Crippen molar-refractivity contribution in [1.29, 1.82) is 0 Å². The van der Waals surface area contributed by atoms with E-state index in [1.807, 2.05) is 18.4 Å². The van der Waals surface area contributed by atoms with Crippen LogP contribution in [0.15, 0.2) is 5.38 Å². The van der Waals surface area contributed by atoms with Crippen molar-refractivity contribution in [2.75, 3.05) is 26.7 Å². The summed E-state index contributed by atoms with van der Waals surface area (Å²) in [6, 6.07) is 0. The van der Waals surface area contributed by atoms with Gasteiger partial charge in [-0.3, -0.25) is 0 Å². The van der Waals surface area contributed by atoms with Crippen molar-refractivity contribution in [3.05, 3.63) is 16.1 Å². The van der Waals surface area contributed by atoms with Crippen LogP contribution in [0.3, 0.4) is 0 Å². The first kappa shape index (κ1) is 12.0. The molecule has 2 heterocycles. The van der Waals surface area contributed by atoms with Crippen molar-refractivity contribution in [3.8, 4) is 0 Å². The fourth-order valence-corrected chi connectivity index (χ4v) is 3.12. The molecule has 0 spiro atoms. The molecule has 0 amide bonds. The second-order valence-corrected chi connectivity index (χ2v) is 5.32. The van der Waals surface area contributed by atoms with E-state index in [2.05, 4.69) is 16.0 Å². The smallest absolute Gasteiger partial charge is 0.0971 e. The van der Waals surface area contributed by atoms with Crippen molar-refractivity contribution in [3.63, 3.8) is 0 Å². The van der Waals surface area contributed by atoms with E-state index in [1.165, 1.54) is 36.5 Å². The van der Waals surface area contributed by atoms with Crippen LogP contribution in [0, 0.1) is 0 Å². The summed E-state index contributed by atoms with van der Waals surface area (Å²) < 4.78 is 0.